The molecular weight excluding hydrogens is 190 g/mol. The quantitative estimate of drug-likeness (QED) is 0.791. The molecule has 0 amide bonds. The summed E-state index contributed by atoms with van der Waals surface area (Å²) in [5, 5.41) is 9.01. The largest absolute Gasteiger partial charge is 0.481 e. The maximum Gasteiger partial charge on any atom is 0.310 e. The standard InChI is InChI=1S/C12H15NO2/c1-8(11(14)15)9-4-2-3-5-10(9)12(13)6-7-12/h2-5,8H,6-7,13H2,1H3,(H,14,15). The predicted molar refractivity (Wildman–Crippen MR) is 57.6 cm³/mol. The van der Waals surface area contributed by atoms with E-state index in [1.165, 1.54) is 0 Å². The van der Waals surface area contributed by atoms with Gasteiger partial charge in [-0.2, -0.15) is 0 Å². The number of benzene rings is 1. The average molecular weight is 205 g/mol. The van der Waals surface area contributed by atoms with Crippen molar-refractivity contribution in [3.63, 3.8) is 0 Å². The number of carboxylic acids is 1. The van der Waals surface area contributed by atoms with Crippen molar-refractivity contribution in [3.8, 4) is 0 Å². The van der Waals surface area contributed by atoms with Crippen LogP contribution in [-0.2, 0) is 10.3 Å². The van der Waals surface area contributed by atoms with Gasteiger partial charge in [-0.3, -0.25) is 4.79 Å². The maximum absolute atomic E-state index is 11.0. The third-order valence-electron chi connectivity index (χ3n) is 3.12. The lowest BCUT2D eigenvalue weighted by atomic mass is 9.91. The highest BCUT2D eigenvalue weighted by Crippen LogP contribution is 2.45. The van der Waals surface area contributed by atoms with Crippen LogP contribution in [0.5, 0.6) is 0 Å². The fourth-order valence-electron chi connectivity index (χ4n) is 1.87. The van der Waals surface area contributed by atoms with Crippen LogP contribution in [0, 0.1) is 0 Å². The Bertz CT molecular complexity index is 396. The first-order valence-corrected chi connectivity index (χ1v) is 5.16. The fraction of sp³-hybridized carbons (Fsp3) is 0.417. The maximum atomic E-state index is 11.0. The number of rotatable bonds is 3. The second-order valence-corrected chi connectivity index (χ2v) is 4.30. The van der Waals surface area contributed by atoms with Gasteiger partial charge in [-0.1, -0.05) is 24.3 Å². The number of hydrogen-bond acceptors (Lipinski definition) is 2. The summed E-state index contributed by atoms with van der Waals surface area (Å²) < 4.78 is 0. The summed E-state index contributed by atoms with van der Waals surface area (Å²) in [7, 11) is 0. The normalized spacial score (nSPS) is 19.6. The number of carbonyl (C=O) groups is 1. The third-order valence-corrected chi connectivity index (χ3v) is 3.12. The Labute approximate surface area is 88.9 Å². The molecule has 0 spiro atoms. The molecule has 3 nitrogen and oxygen atoms in total. The topological polar surface area (TPSA) is 63.3 Å². The summed E-state index contributed by atoms with van der Waals surface area (Å²) in [6.45, 7) is 1.70. The van der Waals surface area contributed by atoms with E-state index in [0.29, 0.717) is 0 Å². The summed E-state index contributed by atoms with van der Waals surface area (Å²) >= 11 is 0. The lowest BCUT2D eigenvalue weighted by molar-refractivity contribution is -0.138. The van der Waals surface area contributed by atoms with Crippen LogP contribution in [0.2, 0.25) is 0 Å². The zero-order chi connectivity index (χ0) is 11.1. The van der Waals surface area contributed by atoms with Gasteiger partial charge in [0.2, 0.25) is 0 Å². The molecule has 1 saturated carbocycles. The van der Waals surface area contributed by atoms with Gasteiger partial charge in [-0.25, -0.2) is 0 Å². The minimum atomic E-state index is -0.799. The molecule has 0 bridgehead atoms. The highest BCUT2D eigenvalue weighted by atomic mass is 16.4. The first kappa shape index (κ1) is 10.2. The summed E-state index contributed by atoms with van der Waals surface area (Å²) in [4.78, 5) is 11.0. The molecule has 0 aliphatic heterocycles. The lowest BCUT2D eigenvalue weighted by Crippen LogP contribution is -2.22. The van der Waals surface area contributed by atoms with E-state index in [9.17, 15) is 4.79 Å². The van der Waals surface area contributed by atoms with Crippen LogP contribution in [0.1, 0.15) is 36.8 Å². The molecule has 1 aliphatic carbocycles. The van der Waals surface area contributed by atoms with Crippen molar-refractivity contribution in [3.05, 3.63) is 35.4 Å². The Morgan fingerprint density at radius 1 is 1.47 bits per heavy atom. The molecule has 0 heterocycles. The van der Waals surface area contributed by atoms with Gasteiger partial charge in [0.05, 0.1) is 5.92 Å². The molecule has 1 unspecified atom stereocenters. The summed E-state index contributed by atoms with van der Waals surface area (Å²) in [6.07, 6.45) is 1.91. The average Bonchev–Trinajstić information content (AvgIpc) is 2.96. The van der Waals surface area contributed by atoms with E-state index < -0.39 is 11.9 Å². The zero-order valence-corrected chi connectivity index (χ0v) is 8.73. The van der Waals surface area contributed by atoms with Crippen LogP contribution in [0.15, 0.2) is 24.3 Å². The molecule has 1 aromatic carbocycles. The molecule has 0 radical (unpaired) electrons. The van der Waals surface area contributed by atoms with Crippen LogP contribution in [-0.4, -0.2) is 11.1 Å². The van der Waals surface area contributed by atoms with E-state index in [2.05, 4.69) is 0 Å². The van der Waals surface area contributed by atoms with Gasteiger partial charge >= 0.3 is 5.97 Å². The van der Waals surface area contributed by atoms with Crippen molar-refractivity contribution in [2.24, 2.45) is 5.73 Å². The molecule has 2 rings (SSSR count). The Morgan fingerprint density at radius 2 is 2.07 bits per heavy atom. The van der Waals surface area contributed by atoms with E-state index >= 15 is 0 Å². The number of aliphatic carboxylic acids is 1. The molecule has 1 fully saturated rings. The molecule has 0 saturated heterocycles. The number of nitrogens with two attached hydrogens (primary N) is 1. The second kappa shape index (κ2) is 3.35. The minimum Gasteiger partial charge on any atom is -0.481 e. The first-order chi connectivity index (χ1) is 7.04. The van der Waals surface area contributed by atoms with E-state index in [0.717, 1.165) is 24.0 Å². The molecule has 15 heavy (non-hydrogen) atoms. The van der Waals surface area contributed by atoms with Crippen molar-refractivity contribution in [2.45, 2.75) is 31.2 Å². The fourth-order valence-corrected chi connectivity index (χ4v) is 1.87. The van der Waals surface area contributed by atoms with Gasteiger partial charge < -0.3 is 10.8 Å². The van der Waals surface area contributed by atoms with Gasteiger partial charge in [0.15, 0.2) is 0 Å². The van der Waals surface area contributed by atoms with Crippen molar-refractivity contribution in [1.82, 2.24) is 0 Å². The van der Waals surface area contributed by atoms with Crippen LogP contribution in [0.4, 0.5) is 0 Å². The van der Waals surface area contributed by atoms with Crippen LogP contribution in [0.3, 0.4) is 0 Å². The van der Waals surface area contributed by atoms with Gasteiger partial charge in [0.25, 0.3) is 0 Å². The molecule has 3 heteroatoms. The number of carboxylic acid groups (broad SMARTS) is 1. The van der Waals surface area contributed by atoms with Crippen molar-refractivity contribution < 1.29 is 9.90 Å². The Hall–Kier alpha value is -1.35. The van der Waals surface area contributed by atoms with Gasteiger partial charge in [0, 0.05) is 5.54 Å². The first-order valence-electron chi connectivity index (χ1n) is 5.16. The van der Waals surface area contributed by atoms with E-state index in [-0.39, 0.29) is 5.54 Å². The van der Waals surface area contributed by atoms with Crippen molar-refractivity contribution in [2.75, 3.05) is 0 Å². The molecule has 3 N–H and O–H groups in total. The minimum absolute atomic E-state index is 0.264. The molecule has 0 aromatic heterocycles. The van der Waals surface area contributed by atoms with Gasteiger partial charge in [0.1, 0.15) is 0 Å². The van der Waals surface area contributed by atoms with Crippen LogP contribution < -0.4 is 5.73 Å². The second-order valence-electron chi connectivity index (χ2n) is 4.30. The lowest BCUT2D eigenvalue weighted by Gasteiger charge is -2.17. The van der Waals surface area contributed by atoms with Crippen LogP contribution >= 0.6 is 0 Å². The van der Waals surface area contributed by atoms with Gasteiger partial charge in [-0.15, -0.1) is 0 Å². The van der Waals surface area contributed by atoms with Crippen molar-refractivity contribution in [1.29, 1.82) is 0 Å². The van der Waals surface area contributed by atoms with Crippen LogP contribution in [0.25, 0.3) is 0 Å². The Morgan fingerprint density at radius 3 is 2.60 bits per heavy atom. The molecule has 1 aromatic rings. The Kier molecular flexibility index (Phi) is 2.27. The summed E-state index contributed by atoms with van der Waals surface area (Å²) in [6, 6.07) is 7.59. The van der Waals surface area contributed by atoms with E-state index in [4.69, 9.17) is 10.8 Å². The molecule has 80 valence electrons. The molecule has 1 aliphatic rings. The third kappa shape index (κ3) is 1.75. The highest BCUT2D eigenvalue weighted by molar-refractivity contribution is 5.76. The monoisotopic (exact) mass is 205 g/mol. The molecular formula is C12H15NO2. The zero-order valence-electron chi connectivity index (χ0n) is 8.73. The predicted octanol–water partition coefficient (Wildman–Crippen LogP) is 1.82. The van der Waals surface area contributed by atoms with E-state index in [1.54, 1.807) is 6.92 Å². The SMILES string of the molecule is CC(C(=O)O)c1ccccc1C1(N)CC1. The number of hydrogen-bond donors (Lipinski definition) is 2. The Balaban J connectivity index is 2.42. The van der Waals surface area contributed by atoms with Crippen molar-refractivity contribution >= 4 is 5.97 Å². The summed E-state index contributed by atoms with van der Waals surface area (Å²) in [5.41, 5.74) is 7.70. The smallest absolute Gasteiger partial charge is 0.310 e. The van der Waals surface area contributed by atoms with E-state index in [1.807, 2.05) is 24.3 Å². The summed E-state index contributed by atoms with van der Waals surface area (Å²) in [5.74, 6) is -1.28. The molecule has 1 atom stereocenters. The highest BCUT2D eigenvalue weighted by Gasteiger charge is 2.42. The van der Waals surface area contributed by atoms with Gasteiger partial charge in [-0.05, 0) is 30.9 Å².